The standard InChI is InChI=1S/C9H8Cl3NO3S/c1-4-3-17-6(7(14)16-2)5(4)13-8(15)9(10,11)12/h3H,1-2H3,(H,13,15). The van der Waals surface area contributed by atoms with Crippen LogP contribution in [0.15, 0.2) is 5.38 Å². The molecule has 1 heterocycles. The summed E-state index contributed by atoms with van der Waals surface area (Å²) in [4.78, 5) is 23.2. The highest BCUT2D eigenvalue weighted by molar-refractivity contribution is 7.12. The number of carbonyl (C=O) groups is 2. The van der Waals surface area contributed by atoms with E-state index >= 15 is 0 Å². The van der Waals surface area contributed by atoms with Gasteiger partial charge in [-0.15, -0.1) is 11.3 Å². The van der Waals surface area contributed by atoms with Crippen LogP contribution in [-0.4, -0.2) is 22.8 Å². The zero-order chi connectivity index (χ0) is 13.2. The number of ether oxygens (including phenoxy) is 1. The van der Waals surface area contributed by atoms with Gasteiger partial charge in [0.1, 0.15) is 4.88 Å². The number of hydrogen-bond acceptors (Lipinski definition) is 4. The van der Waals surface area contributed by atoms with E-state index in [1.165, 1.54) is 7.11 Å². The van der Waals surface area contributed by atoms with E-state index in [1.807, 2.05) is 0 Å². The van der Waals surface area contributed by atoms with E-state index in [0.717, 1.165) is 11.3 Å². The Kier molecular flexibility index (Phi) is 4.66. The first-order valence-electron chi connectivity index (χ1n) is 4.32. The van der Waals surface area contributed by atoms with Crippen molar-refractivity contribution in [3.8, 4) is 0 Å². The summed E-state index contributed by atoms with van der Waals surface area (Å²) in [6.45, 7) is 1.72. The third-order valence-electron chi connectivity index (χ3n) is 1.84. The Balaban J connectivity index is 3.02. The molecule has 0 unspecified atom stereocenters. The molecule has 0 aliphatic rings. The van der Waals surface area contributed by atoms with Gasteiger partial charge in [-0.3, -0.25) is 4.79 Å². The van der Waals surface area contributed by atoms with Crippen LogP contribution in [0.1, 0.15) is 15.2 Å². The predicted octanol–water partition coefficient (Wildman–Crippen LogP) is 3.15. The van der Waals surface area contributed by atoms with Crippen LogP contribution in [0.4, 0.5) is 5.69 Å². The topological polar surface area (TPSA) is 55.4 Å². The molecular weight excluding hydrogens is 309 g/mol. The lowest BCUT2D eigenvalue weighted by Crippen LogP contribution is -2.27. The largest absolute Gasteiger partial charge is 0.465 e. The molecule has 0 atom stereocenters. The predicted molar refractivity (Wildman–Crippen MR) is 69.3 cm³/mol. The van der Waals surface area contributed by atoms with Gasteiger partial charge in [0.15, 0.2) is 0 Å². The van der Waals surface area contributed by atoms with Gasteiger partial charge in [-0.2, -0.15) is 0 Å². The maximum Gasteiger partial charge on any atom is 0.350 e. The molecule has 0 fully saturated rings. The molecule has 4 nitrogen and oxygen atoms in total. The second kappa shape index (κ2) is 5.44. The highest BCUT2D eigenvalue weighted by atomic mass is 35.6. The monoisotopic (exact) mass is 315 g/mol. The van der Waals surface area contributed by atoms with Crippen LogP contribution in [0.2, 0.25) is 0 Å². The Morgan fingerprint density at radius 2 is 2.00 bits per heavy atom. The third-order valence-corrected chi connectivity index (χ3v) is 3.43. The fraction of sp³-hybridized carbons (Fsp3) is 0.333. The van der Waals surface area contributed by atoms with E-state index in [2.05, 4.69) is 10.1 Å². The van der Waals surface area contributed by atoms with Crippen molar-refractivity contribution in [2.75, 3.05) is 12.4 Å². The SMILES string of the molecule is COC(=O)c1scc(C)c1NC(=O)C(Cl)(Cl)Cl. The van der Waals surface area contributed by atoms with Crippen LogP contribution in [0.25, 0.3) is 0 Å². The fourth-order valence-electron chi connectivity index (χ4n) is 1.03. The van der Waals surface area contributed by atoms with Gasteiger partial charge >= 0.3 is 5.97 Å². The molecule has 0 radical (unpaired) electrons. The summed E-state index contributed by atoms with van der Waals surface area (Å²) in [6, 6.07) is 0. The average molecular weight is 317 g/mol. The first kappa shape index (κ1) is 14.6. The molecule has 0 spiro atoms. The van der Waals surface area contributed by atoms with Gasteiger partial charge in [-0.1, -0.05) is 34.8 Å². The van der Waals surface area contributed by atoms with E-state index in [1.54, 1.807) is 12.3 Å². The summed E-state index contributed by atoms with van der Waals surface area (Å²) in [5.41, 5.74) is 0.996. The fourth-order valence-corrected chi connectivity index (χ4v) is 2.09. The summed E-state index contributed by atoms with van der Waals surface area (Å²) in [5.74, 6) is -1.38. The molecule has 0 aromatic carbocycles. The Morgan fingerprint density at radius 3 is 2.47 bits per heavy atom. The highest BCUT2D eigenvalue weighted by Crippen LogP contribution is 2.32. The number of anilines is 1. The summed E-state index contributed by atoms with van der Waals surface area (Å²) >= 11 is 17.4. The third kappa shape index (κ3) is 3.48. The number of amides is 1. The van der Waals surface area contributed by atoms with Crippen molar-refractivity contribution < 1.29 is 14.3 Å². The van der Waals surface area contributed by atoms with Gasteiger partial charge < -0.3 is 10.1 Å². The van der Waals surface area contributed by atoms with Gasteiger partial charge in [0.05, 0.1) is 12.8 Å². The van der Waals surface area contributed by atoms with Crippen LogP contribution in [0.5, 0.6) is 0 Å². The quantitative estimate of drug-likeness (QED) is 0.673. The Labute approximate surface area is 117 Å². The highest BCUT2D eigenvalue weighted by Gasteiger charge is 2.32. The average Bonchev–Trinajstić information content (AvgIpc) is 2.58. The minimum Gasteiger partial charge on any atom is -0.465 e. The van der Waals surface area contributed by atoms with E-state index in [0.29, 0.717) is 11.3 Å². The Hall–Kier alpha value is -0.490. The van der Waals surface area contributed by atoms with Crippen molar-refractivity contribution in [1.82, 2.24) is 0 Å². The second-order valence-corrected chi connectivity index (χ2v) is 6.23. The molecule has 1 aromatic rings. The molecule has 0 saturated carbocycles. The van der Waals surface area contributed by atoms with Gasteiger partial charge in [-0.25, -0.2) is 4.79 Å². The zero-order valence-corrected chi connectivity index (χ0v) is 11.9. The van der Waals surface area contributed by atoms with Gasteiger partial charge in [-0.05, 0) is 17.9 Å². The van der Waals surface area contributed by atoms with E-state index in [9.17, 15) is 9.59 Å². The lowest BCUT2D eigenvalue weighted by molar-refractivity contribution is -0.115. The summed E-state index contributed by atoms with van der Waals surface area (Å²) in [5, 5.41) is 4.08. The molecular formula is C9H8Cl3NO3S. The number of esters is 1. The molecule has 0 aliphatic heterocycles. The van der Waals surface area contributed by atoms with Crippen LogP contribution in [0, 0.1) is 6.92 Å². The zero-order valence-electron chi connectivity index (χ0n) is 8.84. The second-order valence-electron chi connectivity index (χ2n) is 3.07. The van der Waals surface area contributed by atoms with E-state index in [4.69, 9.17) is 34.8 Å². The number of alkyl halides is 3. The molecule has 8 heteroatoms. The first-order chi connectivity index (χ1) is 7.77. The van der Waals surface area contributed by atoms with Gasteiger partial charge in [0.2, 0.25) is 0 Å². The summed E-state index contributed by atoms with van der Waals surface area (Å²) in [7, 11) is 1.25. The number of thiophene rings is 1. The van der Waals surface area contributed by atoms with Gasteiger partial charge in [0.25, 0.3) is 9.70 Å². The molecule has 94 valence electrons. The van der Waals surface area contributed by atoms with E-state index < -0.39 is 15.7 Å². The van der Waals surface area contributed by atoms with Crippen molar-refractivity contribution in [3.05, 3.63) is 15.8 Å². The molecule has 1 aromatic heterocycles. The first-order valence-corrected chi connectivity index (χ1v) is 6.33. The molecule has 0 aliphatic carbocycles. The molecule has 0 saturated heterocycles. The molecule has 0 bridgehead atoms. The molecule has 1 rings (SSSR count). The van der Waals surface area contributed by atoms with Crippen LogP contribution < -0.4 is 5.32 Å². The molecule has 17 heavy (non-hydrogen) atoms. The van der Waals surface area contributed by atoms with Gasteiger partial charge in [0, 0.05) is 0 Å². The van der Waals surface area contributed by atoms with Crippen LogP contribution in [0.3, 0.4) is 0 Å². The number of rotatable bonds is 2. The Bertz CT molecular complexity index is 453. The number of halogens is 3. The number of hydrogen-bond donors (Lipinski definition) is 1. The number of nitrogens with one attached hydrogen (secondary N) is 1. The number of aryl methyl sites for hydroxylation is 1. The van der Waals surface area contributed by atoms with Crippen LogP contribution >= 0.6 is 46.1 Å². The Morgan fingerprint density at radius 1 is 1.41 bits per heavy atom. The minimum absolute atomic E-state index is 0.257. The van der Waals surface area contributed by atoms with Crippen molar-refractivity contribution in [2.24, 2.45) is 0 Å². The van der Waals surface area contributed by atoms with E-state index in [-0.39, 0.29) is 4.88 Å². The lowest BCUT2D eigenvalue weighted by Gasteiger charge is -2.12. The lowest BCUT2D eigenvalue weighted by atomic mass is 10.2. The maximum atomic E-state index is 11.5. The van der Waals surface area contributed by atoms with Crippen molar-refractivity contribution in [1.29, 1.82) is 0 Å². The van der Waals surface area contributed by atoms with Crippen molar-refractivity contribution >= 4 is 63.7 Å². The number of carbonyl (C=O) groups excluding carboxylic acids is 2. The maximum absolute atomic E-state index is 11.5. The van der Waals surface area contributed by atoms with Crippen LogP contribution in [-0.2, 0) is 9.53 Å². The summed E-state index contributed by atoms with van der Waals surface area (Å²) in [6.07, 6.45) is 0. The number of methoxy groups -OCH3 is 1. The van der Waals surface area contributed by atoms with Crippen molar-refractivity contribution in [2.45, 2.75) is 10.7 Å². The molecule has 1 N–H and O–H groups in total. The minimum atomic E-state index is -2.08. The normalized spacial score (nSPS) is 11.1. The molecule has 1 amide bonds. The van der Waals surface area contributed by atoms with Crippen molar-refractivity contribution in [3.63, 3.8) is 0 Å². The summed E-state index contributed by atoms with van der Waals surface area (Å²) < 4.78 is 2.50. The smallest absolute Gasteiger partial charge is 0.350 e.